The number of hydrogen-bond acceptors (Lipinski definition) is 4. The first-order valence-corrected chi connectivity index (χ1v) is 9.35. The number of thiazole rings is 1. The highest BCUT2D eigenvalue weighted by molar-refractivity contribution is 7.18. The maximum Gasteiger partial charge on any atom is 0.240 e. The van der Waals surface area contributed by atoms with E-state index in [1.807, 2.05) is 30.3 Å². The van der Waals surface area contributed by atoms with E-state index in [1.165, 1.54) is 11.3 Å². The Morgan fingerprint density at radius 1 is 1.04 bits per heavy atom. The minimum absolute atomic E-state index is 0.0622. The lowest BCUT2D eigenvalue weighted by Crippen LogP contribution is -2.37. The zero-order valence-electron chi connectivity index (χ0n) is 14.9. The van der Waals surface area contributed by atoms with E-state index < -0.39 is 0 Å². The molecule has 0 radical (unpaired) electrons. The Labute approximate surface area is 161 Å². The van der Waals surface area contributed by atoms with Gasteiger partial charge < -0.3 is 10.6 Å². The molecule has 1 heterocycles. The lowest BCUT2D eigenvalue weighted by atomic mass is 10.1. The number of rotatable bonds is 6. The van der Waals surface area contributed by atoms with Crippen molar-refractivity contribution in [3.63, 3.8) is 0 Å². The highest BCUT2D eigenvalue weighted by Crippen LogP contribution is 2.28. The molecule has 0 aliphatic carbocycles. The van der Waals surface area contributed by atoms with Crippen molar-refractivity contribution in [2.24, 2.45) is 0 Å². The Morgan fingerprint density at radius 2 is 1.85 bits per heavy atom. The van der Waals surface area contributed by atoms with Crippen LogP contribution in [0.4, 0.5) is 0 Å². The summed E-state index contributed by atoms with van der Waals surface area (Å²) in [6.07, 6.45) is 0.155. The SMILES string of the molecule is CC#CCNC(=O)CNC(=O)Cc1nc2ccc(-c3ccccc3)cc2s1. The molecule has 6 heteroatoms. The Morgan fingerprint density at radius 3 is 2.63 bits per heavy atom. The van der Waals surface area contributed by atoms with Crippen molar-refractivity contribution in [1.82, 2.24) is 15.6 Å². The molecular formula is C21H19N3O2S. The second-order valence-corrected chi connectivity index (χ2v) is 6.93. The van der Waals surface area contributed by atoms with Crippen molar-refractivity contribution in [2.75, 3.05) is 13.1 Å². The molecule has 1 aromatic heterocycles. The van der Waals surface area contributed by atoms with Gasteiger partial charge in [0.25, 0.3) is 0 Å². The van der Waals surface area contributed by atoms with Crippen LogP contribution in [0.15, 0.2) is 48.5 Å². The van der Waals surface area contributed by atoms with Crippen molar-refractivity contribution < 1.29 is 9.59 Å². The van der Waals surface area contributed by atoms with Gasteiger partial charge in [-0.1, -0.05) is 42.3 Å². The zero-order chi connectivity index (χ0) is 19.1. The summed E-state index contributed by atoms with van der Waals surface area (Å²) in [5.41, 5.74) is 3.14. The first-order valence-electron chi connectivity index (χ1n) is 8.53. The van der Waals surface area contributed by atoms with E-state index in [9.17, 15) is 9.59 Å². The summed E-state index contributed by atoms with van der Waals surface area (Å²) in [6.45, 7) is 1.93. The smallest absolute Gasteiger partial charge is 0.240 e. The fraction of sp³-hybridized carbons (Fsp3) is 0.190. The molecule has 2 aromatic carbocycles. The Hall–Kier alpha value is -3.17. The number of amides is 2. The third-order valence-corrected chi connectivity index (χ3v) is 4.87. The van der Waals surface area contributed by atoms with Crippen LogP contribution in [0.1, 0.15) is 11.9 Å². The summed E-state index contributed by atoms with van der Waals surface area (Å²) in [7, 11) is 0. The van der Waals surface area contributed by atoms with Gasteiger partial charge in [-0.3, -0.25) is 9.59 Å². The molecule has 0 unspecified atom stereocenters. The van der Waals surface area contributed by atoms with Crippen molar-refractivity contribution in [3.05, 3.63) is 53.5 Å². The zero-order valence-corrected chi connectivity index (χ0v) is 15.7. The summed E-state index contributed by atoms with van der Waals surface area (Å²) in [5, 5.41) is 5.94. The largest absolute Gasteiger partial charge is 0.347 e. The molecule has 3 aromatic rings. The van der Waals surface area contributed by atoms with Crippen molar-refractivity contribution in [3.8, 4) is 23.0 Å². The van der Waals surface area contributed by atoms with E-state index in [1.54, 1.807) is 6.92 Å². The number of carbonyl (C=O) groups excluding carboxylic acids is 2. The van der Waals surface area contributed by atoms with Gasteiger partial charge in [0.15, 0.2) is 0 Å². The summed E-state index contributed by atoms with van der Waals surface area (Å²) >= 11 is 1.49. The molecule has 2 amide bonds. The standard InChI is InChI=1S/C21H19N3O2S/c1-2-3-11-22-20(26)14-23-19(25)13-21-24-17-10-9-16(12-18(17)27-21)15-7-5-4-6-8-15/h4-10,12H,11,13-14H2,1H3,(H,22,26)(H,23,25). The van der Waals surface area contributed by atoms with Gasteiger partial charge in [0.2, 0.25) is 11.8 Å². The number of nitrogens with one attached hydrogen (secondary N) is 2. The summed E-state index contributed by atoms with van der Waals surface area (Å²) < 4.78 is 1.04. The Kier molecular flexibility index (Phi) is 6.18. The highest BCUT2D eigenvalue weighted by atomic mass is 32.1. The van der Waals surface area contributed by atoms with Gasteiger partial charge >= 0.3 is 0 Å². The molecule has 27 heavy (non-hydrogen) atoms. The number of nitrogens with zero attached hydrogens (tertiary/aromatic N) is 1. The van der Waals surface area contributed by atoms with E-state index >= 15 is 0 Å². The van der Waals surface area contributed by atoms with Crippen LogP contribution < -0.4 is 10.6 Å². The number of hydrogen-bond donors (Lipinski definition) is 2. The monoisotopic (exact) mass is 377 g/mol. The number of aromatic nitrogens is 1. The van der Waals surface area contributed by atoms with Crippen LogP contribution >= 0.6 is 11.3 Å². The average molecular weight is 377 g/mol. The second-order valence-electron chi connectivity index (χ2n) is 5.81. The Bertz CT molecular complexity index is 1020. The molecule has 0 aliphatic rings. The van der Waals surface area contributed by atoms with Crippen LogP contribution in [-0.4, -0.2) is 29.9 Å². The first kappa shape index (κ1) is 18.6. The topological polar surface area (TPSA) is 71.1 Å². The van der Waals surface area contributed by atoms with E-state index in [4.69, 9.17) is 0 Å². The number of carbonyl (C=O) groups is 2. The third-order valence-electron chi connectivity index (χ3n) is 3.85. The molecule has 136 valence electrons. The maximum atomic E-state index is 12.1. The summed E-state index contributed by atoms with van der Waals surface area (Å²) in [6, 6.07) is 16.2. The fourth-order valence-electron chi connectivity index (χ4n) is 2.53. The van der Waals surface area contributed by atoms with E-state index in [-0.39, 0.29) is 31.3 Å². The van der Waals surface area contributed by atoms with Crippen molar-refractivity contribution in [2.45, 2.75) is 13.3 Å². The van der Waals surface area contributed by atoms with E-state index in [0.717, 1.165) is 26.4 Å². The predicted molar refractivity (Wildman–Crippen MR) is 108 cm³/mol. The van der Waals surface area contributed by atoms with E-state index in [2.05, 4.69) is 45.7 Å². The summed E-state index contributed by atoms with van der Waals surface area (Å²) in [5.74, 6) is 4.93. The first-order chi connectivity index (χ1) is 13.2. The molecule has 5 nitrogen and oxygen atoms in total. The third kappa shape index (κ3) is 5.16. The molecule has 0 aliphatic heterocycles. The molecule has 2 N–H and O–H groups in total. The van der Waals surface area contributed by atoms with Gasteiger partial charge in [-0.2, -0.15) is 0 Å². The van der Waals surface area contributed by atoms with Crippen molar-refractivity contribution in [1.29, 1.82) is 0 Å². The normalized spacial score (nSPS) is 10.1. The van der Waals surface area contributed by atoms with Crippen molar-refractivity contribution >= 4 is 33.4 Å². The van der Waals surface area contributed by atoms with Gasteiger partial charge in [0.1, 0.15) is 5.01 Å². The minimum Gasteiger partial charge on any atom is -0.347 e. The Balaban J connectivity index is 1.61. The van der Waals surface area contributed by atoms with Crippen LogP contribution in [0.2, 0.25) is 0 Å². The predicted octanol–water partition coefficient (Wildman–Crippen LogP) is 2.76. The van der Waals surface area contributed by atoms with Gasteiger partial charge in [0.05, 0.1) is 29.7 Å². The lowest BCUT2D eigenvalue weighted by molar-refractivity contribution is -0.125. The highest BCUT2D eigenvalue weighted by Gasteiger charge is 2.11. The van der Waals surface area contributed by atoms with Crippen LogP contribution in [0, 0.1) is 11.8 Å². The van der Waals surface area contributed by atoms with Crippen LogP contribution in [0.3, 0.4) is 0 Å². The van der Waals surface area contributed by atoms with Gasteiger partial charge in [0, 0.05) is 0 Å². The molecule has 0 spiro atoms. The molecule has 0 saturated heterocycles. The van der Waals surface area contributed by atoms with E-state index in [0.29, 0.717) is 0 Å². The van der Waals surface area contributed by atoms with Gasteiger partial charge in [-0.15, -0.1) is 17.3 Å². The van der Waals surface area contributed by atoms with Gasteiger partial charge in [-0.25, -0.2) is 4.98 Å². The van der Waals surface area contributed by atoms with Gasteiger partial charge in [-0.05, 0) is 30.2 Å². The molecule has 3 rings (SSSR count). The summed E-state index contributed by atoms with van der Waals surface area (Å²) in [4.78, 5) is 28.2. The average Bonchev–Trinajstić information content (AvgIpc) is 3.08. The number of benzene rings is 2. The molecular weight excluding hydrogens is 358 g/mol. The fourth-order valence-corrected chi connectivity index (χ4v) is 3.54. The molecule has 0 bridgehead atoms. The van der Waals surface area contributed by atoms with Crippen LogP contribution in [0.25, 0.3) is 21.3 Å². The number of fused-ring (bicyclic) bond motifs is 1. The molecule has 0 saturated carbocycles. The lowest BCUT2D eigenvalue weighted by Gasteiger charge is -2.03. The quantitative estimate of drug-likeness (QED) is 0.649. The van der Waals surface area contributed by atoms with Crippen LogP contribution in [-0.2, 0) is 16.0 Å². The maximum absolute atomic E-state index is 12.1. The van der Waals surface area contributed by atoms with Crippen LogP contribution in [0.5, 0.6) is 0 Å². The second kappa shape index (κ2) is 8.97. The minimum atomic E-state index is -0.261. The molecule has 0 fully saturated rings. The molecule has 0 atom stereocenters.